The first-order valence-corrected chi connectivity index (χ1v) is 9.65. The molecule has 1 saturated heterocycles. The second kappa shape index (κ2) is 6.71. The molecule has 1 amide bonds. The molecule has 0 saturated carbocycles. The maximum Gasteiger partial charge on any atom is 0.313 e. The summed E-state index contributed by atoms with van der Waals surface area (Å²) in [7, 11) is -2.99. The number of nitrogens with one attached hydrogen (secondary N) is 1. The number of anilines is 1. The number of carbonyl (C=O) groups excluding carboxylic acids is 1. The summed E-state index contributed by atoms with van der Waals surface area (Å²) in [5.41, 5.74) is 0. The van der Waals surface area contributed by atoms with Crippen LogP contribution in [-0.2, 0) is 19.4 Å². The molecule has 1 fully saturated rings. The Morgan fingerprint density at radius 2 is 2.19 bits per heavy atom. The quantitative estimate of drug-likeness (QED) is 0.560. The van der Waals surface area contributed by atoms with E-state index in [4.69, 9.17) is 5.11 Å². The van der Waals surface area contributed by atoms with Gasteiger partial charge in [0.1, 0.15) is 0 Å². The molecule has 0 aliphatic carbocycles. The number of nitrogens with zero attached hydrogens (tertiary/aromatic N) is 2. The van der Waals surface area contributed by atoms with Crippen LogP contribution in [0.5, 0.6) is 0 Å². The Morgan fingerprint density at radius 3 is 2.81 bits per heavy atom. The lowest BCUT2D eigenvalue weighted by Gasteiger charge is -2.05. The second-order valence-corrected chi connectivity index (χ2v) is 9.01. The molecule has 1 aromatic heterocycles. The molecule has 0 bridgehead atoms. The fraction of sp³-hybridized carbons (Fsp3) is 0.600. The van der Waals surface area contributed by atoms with Gasteiger partial charge in [-0.2, -0.15) is 0 Å². The summed E-state index contributed by atoms with van der Waals surface area (Å²) in [4.78, 5) is 22.2. The molecule has 1 aliphatic heterocycles. The Kier molecular flexibility index (Phi) is 5.17. The number of amides is 1. The molecule has 0 aromatic carbocycles. The van der Waals surface area contributed by atoms with Gasteiger partial charge in [0, 0.05) is 6.42 Å². The van der Waals surface area contributed by atoms with Gasteiger partial charge in [0.2, 0.25) is 11.0 Å². The average Bonchev–Trinajstić information content (AvgIpc) is 2.93. The third kappa shape index (κ3) is 5.25. The number of hydrogen-bond acceptors (Lipinski definition) is 8. The zero-order valence-corrected chi connectivity index (χ0v) is 13.3. The van der Waals surface area contributed by atoms with E-state index in [1.54, 1.807) is 0 Å². The van der Waals surface area contributed by atoms with Gasteiger partial charge < -0.3 is 10.4 Å². The number of rotatable bonds is 6. The fourth-order valence-corrected chi connectivity index (χ4v) is 5.26. The predicted octanol–water partition coefficient (Wildman–Crippen LogP) is 0.478. The van der Waals surface area contributed by atoms with Crippen molar-refractivity contribution in [2.75, 3.05) is 22.6 Å². The zero-order chi connectivity index (χ0) is 15.5. The van der Waals surface area contributed by atoms with Crippen LogP contribution in [0, 0.1) is 5.92 Å². The highest BCUT2D eigenvalue weighted by atomic mass is 32.2. The van der Waals surface area contributed by atoms with Crippen molar-refractivity contribution in [3.8, 4) is 0 Å². The maximum absolute atomic E-state index is 11.8. The Hall–Kier alpha value is -1.20. The molecule has 8 nitrogen and oxygen atoms in total. The average molecular weight is 351 g/mol. The van der Waals surface area contributed by atoms with Crippen molar-refractivity contribution in [3.05, 3.63) is 0 Å². The highest BCUT2D eigenvalue weighted by molar-refractivity contribution is 8.01. The Balaban J connectivity index is 1.81. The minimum Gasteiger partial charge on any atom is -0.481 e. The summed E-state index contributed by atoms with van der Waals surface area (Å²) in [5.74, 6) is -1.34. The van der Waals surface area contributed by atoms with Gasteiger partial charge in [-0.15, -0.1) is 10.2 Å². The first kappa shape index (κ1) is 16.2. The van der Waals surface area contributed by atoms with E-state index < -0.39 is 15.8 Å². The summed E-state index contributed by atoms with van der Waals surface area (Å²) >= 11 is 2.11. The topological polar surface area (TPSA) is 126 Å². The zero-order valence-electron chi connectivity index (χ0n) is 10.8. The van der Waals surface area contributed by atoms with Crippen molar-refractivity contribution in [2.45, 2.75) is 17.2 Å². The number of carboxylic acids is 1. The minimum atomic E-state index is -2.99. The van der Waals surface area contributed by atoms with E-state index in [0.29, 0.717) is 10.8 Å². The first-order chi connectivity index (χ1) is 9.84. The molecular formula is C10H13N3O5S3. The lowest BCUT2D eigenvalue weighted by atomic mass is 10.1. The van der Waals surface area contributed by atoms with Crippen molar-refractivity contribution >= 4 is 49.9 Å². The van der Waals surface area contributed by atoms with E-state index >= 15 is 0 Å². The smallest absolute Gasteiger partial charge is 0.313 e. The largest absolute Gasteiger partial charge is 0.481 e. The van der Waals surface area contributed by atoms with Crippen LogP contribution in [0.15, 0.2) is 4.34 Å². The van der Waals surface area contributed by atoms with Gasteiger partial charge in [-0.05, 0) is 12.3 Å². The summed E-state index contributed by atoms with van der Waals surface area (Å²) in [6.45, 7) is 0. The summed E-state index contributed by atoms with van der Waals surface area (Å²) in [5, 5.41) is 18.9. The third-order valence-corrected chi connectivity index (χ3v) is 6.57. The van der Waals surface area contributed by atoms with Crippen molar-refractivity contribution in [3.63, 3.8) is 0 Å². The van der Waals surface area contributed by atoms with E-state index in [-0.39, 0.29) is 40.6 Å². The lowest BCUT2D eigenvalue weighted by Crippen LogP contribution is -2.17. The van der Waals surface area contributed by atoms with Crippen LogP contribution in [0.4, 0.5) is 5.13 Å². The molecule has 1 unspecified atom stereocenters. The van der Waals surface area contributed by atoms with Crippen molar-refractivity contribution in [1.29, 1.82) is 0 Å². The highest BCUT2D eigenvalue weighted by Gasteiger charge is 2.29. The molecule has 21 heavy (non-hydrogen) atoms. The van der Waals surface area contributed by atoms with Crippen molar-refractivity contribution in [1.82, 2.24) is 10.2 Å². The maximum atomic E-state index is 11.8. The van der Waals surface area contributed by atoms with Crippen LogP contribution < -0.4 is 5.32 Å². The summed E-state index contributed by atoms with van der Waals surface area (Å²) in [6, 6.07) is 0. The van der Waals surface area contributed by atoms with Gasteiger partial charge in [0.05, 0.1) is 17.3 Å². The molecule has 1 atom stereocenters. The monoisotopic (exact) mass is 351 g/mol. The van der Waals surface area contributed by atoms with E-state index in [1.165, 1.54) is 0 Å². The summed E-state index contributed by atoms with van der Waals surface area (Å²) < 4.78 is 23.1. The van der Waals surface area contributed by atoms with E-state index in [1.807, 2.05) is 0 Å². The molecule has 2 rings (SSSR count). The third-order valence-electron chi connectivity index (χ3n) is 2.77. The molecule has 1 aromatic rings. The van der Waals surface area contributed by atoms with Crippen LogP contribution in [0.2, 0.25) is 0 Å². The standard InChI is InChI=1S/C10H13N3O5S3/c14-7(3-6-1-2-21(17,18)5-6)11-9-12-13-10(20-9)19-4-8(15)16/h6H,1-5H2,(H,15,16)(H,11,12,14). The Morgan fingerprint density at radius 1 is 1.43 bits per heavy atom. The van der Waals surface area contributed by atoms with Gasteiger partial charge in [-0.25, -0.2) is 8.42 Å². The summed E-state index contributed by atoms with van der Waals surface area (Å²) in [6.07, 6.45) is 0.641. The molecule has 116 valence electrons. The molecule has 1 aliphatic rings. The number of thioether (sulfide) groups is 1. The van der Waals surface area contributed by atoms with Crippen LogP contribution >= 0.6 is 23.1 Å². The van der Waals surface area contributed by atoms with Crippen LogP contribution in [0.25, 0.3) is 0 Å². The Bertz CT molecular complexity index is 642. The SMILES string of the molecule is O=C(O)CSc1nnc(NC(=O)CC2CCS(=O)(=O)C2)s1. The van der Waals surface area contributed by atoms with Gasteiger partial charge >= 0.3 is 5.97 Å². The number of carboxylic acid groups (broad SMARTS) is 1. The van der Waals surface area contributed by atoms with Crippen molar-refractivity contribution in [2.24, 2.45) is 5.92 Å². The minimum absolute atomic E-state index is 0.0518. The number of sulfone groups is 1. The molecule has 0 spiro atoms. The lowest BCUT2D eigenvalue weighted by molar-refractivity contribution is -0.133. The van der Waals surface area contributed by atoms with Gasteiger partial charge in [-0.1, -0.05) is 23.1 Å². The van der Waals surface area contributed by atoms with Crippen molar-refractivity contribution < 1.29 is 23.1 Å². The molecule has 11 heteroatoms. The number of aromatic nitrogens is 2. The fourth-order valence-electron chi connectivity index (χ4n) is 1.91. The molecular weight excluding hydrogens is 338 g/mol. The molecule has 2 N–H and O–H groups in total. The van der Waals surface area contributed by atoms with Gasteiger partial charge in [0.15, 0.2) is 14.2 Å². The number of carbonyl (C=O) groups is 2. The van der Waals surface area contributed by atoms with E-state index in [0.717, 1.165) is 23.1 Å². The van der Waals surface area contributed by atoms with Crippen LogP contribution in [-0.4, -0.2) is 52.9 Å². The van der Waals surface area contributed by atoms with Crippen LogP contribution in [0.3, 0.4) is 0 Å². The Labute approximate surface area is 129 Å². The van der Waals surface area contributed by atoms with Crippen LogP contribution in [0.1, 0.15) is 12.8 Å². The number of aliphatic carboxylic acids is 1. The van der Waals surface area contributed by atoms with E-state index in [9.17, 15) is 18.0 Å². The predicted molar refractivity (Wildman–Crippen MR) is 78.3 cm³/mol. The van der Waals surface area contributed by atoms with Gasteiger partial charge in [-0.3, -0.25) is 9.59 Å². The normalized spacial score (nSPS) is 20.3. The molecule has 2 heterocycles. The first-order valence-electron chi connectivity index (χ1n) is 6.02. The number of hydrogen-bond donors (Lipinski definition) is 2. The van der Waals surface area contributed by atoms with Gasteiger partial charge in [0.25, 0.3) is 0 Å². The van der Waals surface area contributed by atoms with E-state index in [2.05, 4.69) is 15.5 Å². The second-order valence-electron chi connectivity index (χ2n) is 4.58. The molecule has 0 radical (unpaired) electrons. The highest BCUT2D eigenvalue weighted by Crippen LogP contribution is 2.26.